The summed E-state index contributed by atoms with van der Waals surface area (Å²) < 4.78 is 0. The molecule has 5 heteroatoms. The Kier molecular flexibility index (Phi) is 8.20. The Morgan fingerprint density at radius 2 is 1.67 bits per heavy atom. The Morgan fingerprint density at radius 3 is 2.17 bits per heavy atom. The van der Waals surface area contributed by atoms with Crippen molar-refractivity contribution in [1.82, 2.24) is 5.32 Å². The van der Waals surface area contributed by atoms with Crippen LogP contribution in [0.5, 0.6) is 0 Å². The molecule has 24 heavy (non-hydrogen) atoms. The molecule has 140 valence electrons. The van der Waals surface area contributed by atoms with Crippen LogP contribution in [-0.2, 0) is 9.59 Å². The topological polar surface area (TPSA) is 86.6 Å². The molecule has 1 aliphatic heterocycles. The molecule has 1 rings (SSSR count). The third kappa shape index (κ3) is 6.42. The molecule has 0 aromatic carbocycles. The fourth-order valence-electron chi connectivity index (χ4n) is 4.14. The van der Waals surface area contributed by atoms with Gasteiger partial charge in [0, 0.05) is 18.5 Å². The molecular weight excluding hydrogens is 306 g/mol. The van der Waals surface area contributed by atoms with E-state index in [0.29, 0.717) is 30.8 Å². The van der Waals surface area contributed by atoms with Crippen LogP contribution in [0.2, 0.25) is 0 Å². The molecule has 1 aliphatic rings. The predicted octanol–water partition coefficient (Wildman–Crippen LogP) is 3.92. The van der Waals surface area contributed by atoms with Gasteiger partial charge in [-0.2, -0.15) is 0 Å². The van der Waals surface area contributed by atoms with Crippen molar-refractivity contribution in [1.29, 1.82) is 0 Å². The molecule has 5 nitrogen and oxygen atoms in total. The molecule has 0 amide bonds. The van der Waals surface area contributed by atoms with Gasteiger partial charge in [0.2, 0.25) is 0 Å². The SMILES string of the molecule is CC(CCCC(=O)O)CCCC(C)(C(=O)O)C1CC(C)NC(C)C1. The second kappa shape index (κ2) is 9.40. The van der Waals surface area contributed by atoms with Crippen LogP contribution in [-0.4, -0.2) is 34.2 Å². The molecule has 1 saturated heterocycles. The normalized spacial score (nSPS) is 28.1. The van der Waals surface area contributed by atoms with Crippen LogP contribution in [0, 0.1) is 17.3 Å². The Bertz CT molecular complexity index is 416. The summed E-state index contributed by atoms with van der Waals surface area (Å²) in [6.07, 6.45) is 6.23. The summed E-state index contributed by atoms with van der Waals surface area (Å²) >= 11 is 0. The van der Waals surface area contributed by atoms with E-state index in [4.69, 9.17) is 5.11 Å². The molecule has 1 fully saturated rings. The lowest BCUT2D eigenvalue weighted by Gasteiger charge is -2.42. The maximum atomic E-state index is 12.0. The minimum atomic E-state index is -0.741. The Morgan fingerprint density at radius 1 is 1.12 bits per heavy atom. The van der Waals surface area contributed by atoms with E-state index in [1.807, 2.05) is 6.92 Å². The van der Waals surface area contributed by atoms with Gasteiger partial charge in [0.05, 0.1) is 5.41 Å². The highest BCUT2D eigenvalue weighted by Gasteiger charge is 2.43. The third-order valence-electron chi connectivity index (χ3n) is 5.72. The molecule has 1 heterocycles. The zero-order valence-corrected chi connectivity index (χ0v) is 15.7. The van der Waals surface area contributed by atoms with Crippen molar-refractivity contribution in [3.8, 4) is 0 Å². The van der Waals surface area contributed by atoms with Gasteiger partial charge in [-0.1, -0.05) is 26.2 Å². The molecule has 3 N–H and O–H groups in total. The van der Waals surface area contributed by atoms with Gasteiger partial charge >= 0.3 is 11.9 Å². The summed E-state index contributed by atoms with van der Waals surface area (Å²) in [6, 6.07) is 0.736. The van der Waals surface area contributed by atoms with Gasteiger partial charge in [0.1, 0.15) is 0 Å². The molecule has 0 radical (unpaired) electrons. The Hall–Kier alpha value is -1.10. The highest BCUT2D eigenvalue weighted by molar-refractivity contribution is 5.74. The van der Waals surface area contributed by atoms with Crippen LogP contribution < -0.4 is 5.32 Å². The predicted molar refractivity (Wildman–Crippen MR) is 95.0 cm³/mol. The standard InChI is InChI=1S/C19H35NO4/c1-13(7-5-9-17(21)22)8-6-10-19(4,18(23)24)16-11-14(2)20-15(3)12-16/h13-16,20H,5-12H2,1-4H3,(H,21,22)(H,23,24). The van der Waals surface area contributed by atoms with Crippen LogP contribution in [0.3, 0.4) is 0 Å². The first-order valence-electron chi connectivity index (χ1n) is 9.36. The molecular formula is C19H35NO4. The van der Waals surface area contributed by atoms with Gasteiger partial charge in [-0.3, -0.25) is 9.59 Å². The number of carboxylic acids is 2. The van der Waals surface area contributed by atoms with Crippen LogP contribution in [0.4, 0.5) is 0 Å². The third-order valence-corrected chi connectivity index (χ3v) is 5.72. The first-order valence-corrected chi connectivity index (χ1v) is 9.36. The average Bonchev–Trinajstić information content (AvgIpc) is 2.45. The Labute approximate surface area is 146 Å². The largest absolute Gasteiger partial charge is 0.481 e. The summed E-state index contributed by atoms with van der Waals surface area (Å²) in [4.78, 5) is 22.5. The molecule has 0 aliphatic carbocycles. The second-order valence-corrected chi connectivity index (χ2v) is 8.14. The van der Waals surface area contributed by atoms with E-state index < -0.39 is 17.4 Å². The van der Waals surface area contributed by atoms with E-state index in [1.54, 1.807) is 0 Å². The number of carbonyl (C=O) groups is 2. The monoisotopic (exact) mass is 341 g/mol. The van der Waals surface area contributed by atoms with Crippen LogP contribution in [0.15, 0.2) is 0 Å². The Balaban J connectivity index is 2.50. The zero-order valence-electron chi connectivity index (χ0n) is 15.7. The van der Waals surface area contributed by atoms with E-state index in [9.17, 15) is 14.7 Å². The fraction of sp³-hybridized carbons (Fsp3) is 0.895. The number of hydrogen-bond donors (Lipinski definition) is 3. The summed E-state index contributed by atoms with van der Waals surface area (Å²) in [5.41, 5.74) is -0.661. The average molecular weight is 341 g/mol. The molecule has 4 atom stereocenters. The van der Waals surface area contributed by atoms with Gasteiger partial charge in [0.15, 0.2) is 0 Å². The van der Waals surface area contributed by atoms with Crippen LogP contribution in [0.1, 0.15) is 79.1 Å². The van der Waals surface area contributed by atoms with E-state index >= 15 is 0 Å². The lowest BCUT2D eigenvalue weighted by molar-refractivity contribution is -0.153. The van der Waals surface area contributed by atoms with Crippen molar-refractivity contribution in [2.24, 2.45) is 17.3 Å². The number of piperidine rings is 1. The summed E-state index contributed by atoms with van der Waals surface area (Å²) in [5, 5.41) is 22.0. The molecule has 4 unspecified atom stereocenters. The van der Waals surface area contributed by atoms with Gasteiger partial charge in [-0.25, -0.2) is 0 Å². The van der Waals surface area contributed by atoms with Gasteiger partial charge in [0.25, 0.3) is 0 Å². The number of aliphatic carboxylic acids is 2. The molecule has 0 saturated carbocycles. The number of carboxylic acid groups (broad SMARTS) is 2. The minimum Gasteiger partial charge on any atom is -0.481 e. The van der Waals surface area contributed by atoms with Gasteiger partial charge < -0.3 is 15.5 Å². The van der Waals surface area contributed by atoms with E-state index in [2.05, 4.69) is 26.1 Å². The van der Waals surface area contributed by atoms with E-state index in [0.717, 1.165) is 32.1 Å². The van der Waals surface area contributed by atoms with Crippen molar-refractivity contribution in [3.63, 3.8) is 0 Å². The van der Waals surface area contributed by atoms with Crippen LogP contribution >= 0.6 is 0 Å². The second-order valence-electron chi connectivity index (χ2n) is 8.14. The summed E-state index contributed by atoms with van der Waals surface area (Å²) in [5.74, 6) is -0.751. The highest BCUT2D eigenvalue weighted by Crippen LogP contribution is 2.41. The maximum Gasteiger partial charge on any atom is 0.309 e. The van der Waals surface area contributed by atoms with Crippen LogP contribution in [0.25, 0.3) is 0 Å². The number of rotatable bonds is 10. The van der Waals surface area contributed by atoms with E-state index in [-0.39, 0.29) is 12.3 Å². The zero-order chi connectivity index (χ0) is 18.3. The van der Waals surface area contributed by atoms with Crippen molar-refractivity contribution in [2.45, 2.75) is 91.1 Å². The molecule has 0 spiro atoms. The minimum absolute atomic E-state index is 0.212. The van der Waals surface area contributed by atoms with Crippen molar-refractivity contribution >= 4 is 11.9 Å². The van der Waals surface area contributed by atoms with Gasteiger partial charge in [-0.15, -0.1) is 0 Å². The summed E-state index contributed by atoms with van der Waals surface area (Å²) in [7, 11) is 0. The smallest absolute Gasteiger partial charge is 0.309 e. The fourth-order valence-corrected chi connectivity index (χ4v) is 4.14. The number of nitrogens with one attached hydrogen (secondary N) is 1. The van der Waals surface area contributed by atoms with Crippen molar-refractivity contribution in [2.75, 3.05) is 0 Å². The lowest BCUT2D eigenvalue weighted by Crippen LogP contribution is -2.49. The van der Waals surface area contributed by atoms with E-state index in [1.165, 1.54) is 0 Å². The lowest BCUT2D eigenvalue weighted by atomic mass is 9.67. The quantitative estimate of drug-likeness (QED) is 0.561. The van der Waals surface area contributed by atoms with Gasteiger partial charge in [-0.05, 0) is 58.3 Å². The highest BCUT2D eigenvalue weighted by atomic mass is 16.4. The molecule has 0 aromatic heterocycles. The summed E-state index contributed by atoms with van der Waals surface area (Å²) in [6.45, 7) is 8.32. The maximum absolute atomic E-state index is 12.0. The number of hydrogen-bond acceptors (Lipinski definition) is 3. The van der Waals surface area contributed by atoms with Crippen molar-refractivity contribution < 1.29 is 19.8 Å². The van der Waals surface area contributed by atoms with Crippen molar-refractivity contribution in [3.05, 3.63) is 0 Å². The molecule has 0 bridgehead atoms. The molecule has 0 aromatic rings. The first-order chi connectivity index (χ1) is 11.1. The first kappa shape index (κ1) is 20.9.